The molecule has 2 rings (SSSR count). The Kier molecular flexibility index (Phi) is 3.19. The Morgan fingerprint density at radius 3 is 3.00 bits per heavy atom. The summed E-state index contributed by atoms with van der Waals surface area (Å²) in [7, 11) is 1.49. The van der Waals surface area contributed by atoms with Gasteiger partial charge in [0.2, 0.25) is 5.79 Å². The predicted molar refractivity (Wildman–Crippen MR) is 54.6 cm³/mol. The lowest BCUT2D eigenvalue weighted by molar-refractivity contribution is -0.240. The molecule has 5 heteroatoms. The standard InChI is InChI=1S/C11H18O5/c1-3-4-7(12)5-11(14-2)6-8-9(15-8)10(13)16-11/h7-9,12H,3-6H2,1-2H3. The van der Waals surface area contributed by atoms with Gasteiger partial charge in [-0.2, -0.15) is 0 Å². The lowest BCUT2D eigenvalue weighted by Crippen LogP contribution is -2.46. The van der Waals surface area contributed by atoms with E-state index in [4.69, 9.17) is 14.2 Å². The Hall–Kier alpha value is -0.650. The number of carbonyl (C=O) groups is 1. The average molecular weight is 230 g/mol. The van der Waals surface area contributed by atoms with E-state index >= 15 is 0 Å². The monoisotopic (exact) mass is 230 g/mol. The highest BCUT2D eigenvalue weighted by Gasteiger charge is 2.58. The molecule has 0 spiro atoms. The molecule has 0 aromatic carbocycles. The number of methoxy groups -OCH3 is 1. The number of hydrogen-bond donors (Lipinski definition) is 1. The number of fused-ring (bicyclic) bond motifs is 1. The molecule has 0 aromatic rings. The van der Waals surface area contributed by atoms with Crippen LogP contribution in [0.25, 0.3) is 0 Å². The third-order valence-corrected chi connectivity index (χ3v) is 3.15. The van der Waals surface area contributed by atoms with Crippen LogP contribution in [0.4, 0.5) is 0 Å². The van der Waals surface area contributed by atoms with Crippen LogP contribution in [0, 0.1) is 0 Å². The summed E-state index contributed by atoms with van der Waals surface area (Å²) < 4.78 is 15.7. The van der Waals surface area contributed by atoms with Crippen molar-refractivity contribution in [3.05, 3.63) is 0 Å². The fraction of sp³-hybridized carbons (Fsp3) is 0.909. The predicted octanol–water partition coefficient (Wildman–Crippen LogP) is 0.594. The highest BCUT2D eigenvalue weighted by molar-refractivity contribution is 5.79. The van der Waals surface area contributed by atoms with Crippen molar-refractivity contribution in [1.82, 2.24) is 0 Å². The Bertz CT molecular complexity index is 280. The fourth-order valence-corrected chi connectivity index (χ4v) is 2.22. The van der Waals surface area contributed by atoms with E-state index in [-0.39, 0.29) is 12.1 Å². The summed E-state index contributed by atoms with van der Waals surface area (Å²) in [6.07, 6.45) is 1.40. The first-order valence-electron chi connectivity index (χ1n) is 5.72. The molecular weight excluding hydrogens is 212 g/mol. The molecule has 1 N–H and O–H groups in total. The van der Waals surface area contributed by atoms with E-state index < -0.39 is 18.0 Å². The quantitative estimate of drug-likeness (QED) is 0.553. The van der Waals surface area contributed by atoms with Gasteiger partial charge in [-0.3, -0.25) is 0 Å². The molecule has 92 valence electrons. The number of carbonyl (C=O) groups excluding carboxylic acids is 1. The van der Waals surface area contributed by atoms with Crippen molar-refractivity contribution in [2.75, 3.05) is 7.11 Å². The van der Waals surface area contributed by atoms with Gasteiger partial charge < -0.3 is 19.3 Å². The molecule has 2 heterocycles. The molecular formula is C11H18O5. The summed E-state index contributed by atoms with van der Waals surface area (Å²) in [5, 5.41) is 9.77. The van der Waals surface area contributed by atoms with Crippen LogP contribution < -0.4 is 0 Å². The van der Waals surface area contributed by atoms with Crippen molar-refractivity contribution in [3.63, 3.8) is 0 Å². The second kappa shape index (κ2) is 4.31. The minimum Gasteiger partial charge on any atom is -0.431 e. The van der Waals surface area contributed by atoms with Gasteiger partial charge in [-0.15, -0.1) is 0 Å². The van der Waals surface area contributed by atoms with Gasteiger partial charge in [0.25, 0.3) is 0 Å². The third kappa shape index (κ3) is 2.21. The Morgan fingerprint density at radius 1 is 1.69 bits per heavy atom. The fourth-order valence-electron chi connectivity index (χ4n) is 2.22. The maximum Gasteiger partial charge on any atom is 0.340 e. The maximum atomic E-state index is 11.4. The molecule has 2 saturated heterocycles. The number of aliphatic hydroxyl groups is 1. The van der Waals surface area contributed by atoms with Gasteiger partial charge in [0.05, 0.1) is 6.10 Å². The van der Waals surface area contributed by atoms with E-state index in [0.717, 1.165) is 6.42 Å². The van der Waals surface area contributed by atoms with Gasteiger partial charge in [0, 0.05) is 20.0 Å². The number of hydrogen-bond acceptors (Lipinski definition) is 5. The summed E-state index contributed by atoms with van der Waals surface area (Å²) in [6.45, 7) is 2.00. The molecule has 2 aliphatic heterocycles. The Balaban J connectivity index is 1.98. The maximum absolute atomic E-state index is 11.4. The van der Waals surface area contributed by atoms with Gasteiger partial charge in [0.1, 0.15) is 6.10 Å². The van der Waals surface area contributed by atoms with Crippen LogP contribution in [0.2, 0.25) is 0 Å². The minimum atomic E-state index is -0.997. The first-order valence-corrected chi connectivity index (χ1v) is 5.72. The van der Waals surface area contributed by atoms with Crippen LogP contribution in [-0.4, -0.2) is 42.3 Å². The lowest BCUT2D eigenvalue weighted by atomic mass is 9.97. The zero-order valence-corrected chi connectivity index (χ0v) is 9.64. The van der Waals surface area contributed by atoms with Crippen LogP contribution in [0.15, 0.2) is 0 Å². The van der Waals surface area contributed by atoms with Gasteiger partial charge in [-0.05, 0) is 6.42 Å². The van der Waals surface area contributed by atoms with Gasteiger partial charge >= 0.3 is 5.97 Å². The summed E-state index contributed by atoms with van der Waals surface area (Å²) in [4.78, 5) is 11.4. The number of epoxide rings is 1. The zero-order valence-electron chi connectivity index (χ0n) is 9.64. The normalized spacial score (nSPS) is 38.8. The number of aliphatic hydroxyl groups excluding tert-OH is 1. The number of esters is 1. The van der Waals surface area contributed by atoms with Crippen LogP contribution in [-0.2, 0) is 19.0 Å². The van der Waals surface area contributed by atoms with E-state index in [0.29, 0.717) is 19.3 Å². The number of cyclic esters (lactones) is 1. The molecule has 0 radical (unpaired) electrons. The van der Waals surface area contributed by atoms with Crippen LogP contribution in [0.5, 0.6) is 0 Å². The van der Waals surface area contributed by atoms with Crippen molar-refractivity contribution < 1.29 is 24.1 Å². The second-order valence-corrected chi connectivity index (χ2v) is 4.48. The minimum absolute atomic E-state index is 0.0879. The summed E-state index contributed by atoms with van der Waals surface area (Å²) in [6, 6.07) is 0. The second-order valence-electron chi connectivity index (χ2n) is 4.48. The van der Waals surface area contributed by atoms with Crippen LogP contribution in [0.1, 0.15) is 32.6 Å². The molecule has 4 atom stereocenters. The first kappa shape index (κ1) is 11.8. The molecule has 0 saturated carbocycles. The Morgan fingerprint density at radius 2 is 2.44 bits per heavy atom. The molecule has 0 aliphatic carbocycles. The SMILES string of the molecule is CCCC(O)CC1(OC)CC2OC2C(=O)O1. The van der Waals surface area contributed by atoms with E-state index in [1.54, 1.807) is 0 Å². The van der Waals surface area contributed by atoms with Crippen molar-refractivity contribution in [1.29, 1.82) is 0 Å². The van der Waals surface area contributed by atoms with Crippen LogP contribution >= 0.6 is 0 Å². The molecule has 0 aromatic heterocycles. The van der Waals surface area contributed by atoms with Gasteiger partial charge in [-0.1, -0.05) is 13.3 Å². The molecule has 0 amide bonds. The summed E-state index contributed by atoms with van der Waals surface area (Å²) in [5.74, 6) is -1.37. The molecule has 2 aliphatic rings. The molecule has 0 bridgehead atoms. The first-order chi connectivity index (χ1) is 7.60. The van der Waals surface area contributed by atoms with E-state index in [1.165, 1.54) is 7.11 Å². The highest BCUT2D eigenvalue weighted by Crippen LogP contribution is 2.41. The number of ether oxygens (including phenoxy) is 3. The molecule has 16 heavy (non-hydrogen) atoms. The topological polar surface area (TPSA) is 68.3 Å². The van der Waals surface area contributed by atoms with Gasteiger partial charge in [-0.25, -0.2) is 4.79 Å². The largest absolute Gasteiger partial charge is 0.431 e. The smallest absolute Gasteiger partial charge is 0.340 e. The van der Waals surface area contributed by atoms with E-state index in [9.17, 15) is 9.90 Å². The Labute approximate surface area is 94.7 Å². The molecule has 2 fully saturated rings. The van der Waals surface area contributed by atoms with Crippen molar-refractivity contribution in [3.8, 4) is 0 Å². The van der Waals surface area contributed by atoms with Crippen molar-refractivity contribution in [2.45, 2.75) is 56.7 Å². The molecule has 4 unspecified atom stereocenters. The van der Waals surface area contributed by atoms with Crippen molar-refractivity contribution >= 4 is 5.97 Å². The number of rotatable bonds is 5. The van der Waals surface area contributed by atoms with E-state index in [1.807, 2.05) is 6.92 Å². The lowest BCUT2D eigenvalue weighted by Gasteiger charge is -2.34. The summed E-state index contributed by atoms with van der Waals surface area (Å²) in [5.41, 5.74) is 0. The van der Waals surface area contributed by atoms with E-state index in [2.05, 4.69) is 0 Å². The van der Waals surface area contributed by atoms with Gasteiger partial charge in [0.15, 0.2) is 6.10 Å². The van der Waals surface area contributed by atoms with Crippen LogP contribution in [0.3, 0.4) is 0 Å². The molecule has 5 nitrogen and oxygen atoms in total. The zero-order chi connectivity index (χ0) is 11.8. The highest BCUT2D eigenvalue weighted by atomic mass is 16.7. The third-order valence-electron chi connectivity index (χ3n) is 3.15. The summed E-state index contributed by atoms with van der Waals surface area (Å²) >= 11 is 0. The average Bonchev–Trinajstić information content (AvgIpc) is 2.97. The van der Waals surface area contributed by atoms with Crippen molar-refractivity contribution in [2.24, 2.45) is 0 Å².